The van der Waals surface area contributed by atoms with Gasteiger partial charge in [0.15, 0.2) is 0 Å². The van der Waals surface area contributed by atoms with Crippen molar-refractivity contribution in [2.24, 2.45) is 23.7 Å². The normalized spacial score (nSPS) is 32.5. The molecule has 3 saturated heterocycles. The Kier molecular flexibility index (Phi) is 8.52. The Labute approximate surface area is 226 Å². The maximum atomic E-state index is 14.3. The van der Waals surface area contributed by atoms with E-state index in [0.29, 0.717) is 25.9 Å². The number of hydrogen-bond donors (Lipinski definition) is 3. The van der Waals surface area contributed by atoms with Crippen LogP contribution in [0, 0.1) is 23.7 Å². The number of ether oxygens (including phenoxy) is 1. The summed E-state index contributed by atoms with van der Waals surface area (Å²) in [5, 5.41) is 16.5. The number of nitrogens with zero attached hydrogens (tertiary/aromatic N) is 1. The molecule has 210 valence electrons. The van der Waals surface area contributed by atoms with Crippen molar-refractivity contribution in [1.82, 2.24) is 15.5 Å². The Morgan fingerprint density at radius 1 is 1.16 bits per heavy atom. The molecule has 3 fully saturated rings. The maximum absolute atomic E-state index is 14.3. The van der Waals surface area contributed by atoms with Crippen molar-refractivity contribution in [1.29, 1.82) is 0 Å². The molecule has 0 radical (unpaired) electrons. The molecule has 0 saturated carbocycles. The summed E-state index contributed by atoms with van der Waals surface area (Å²) in [6, 6.07) is 8.26. The van der Waals surface area contributed by atoms with E-state index in [-0.39, 0.29) is 36.2 Å². The summed E-state index contributed by atoms with van der Waals surface area (Å²) < 4.78 is 6.77. The molecule has 0 aromatic heterocycles. The summed E-state index contributed by atoms with van der Waals surface area (Å²) in [5.74, 6) is -2.03. The third-order valence-electron chi connectivity index (χ3n) is 9.02. The Hall–Kier alpha value is -2.45. The minimum Gasteiger partial charge on any atom is -0.394 e. The van der Waals surface area contributed by atoms with Crippen molar-refractivity contribution in [2.75, 3.05) is 13.2 Å². The zero-order chi connectivity index (χ0) is 27.7. The van der Waals surface area contributed by atoms with Gasteiger partial charge in [0, 0.05) is 13.1 Å². The highest BCUT2D eigenvalue weighted by Crippen LogP contribution is 2.65. The average Bonchev–Trinajstić information content (AvgIpc) is 3.40. The molecule has 3 heterocycles. The predicted molar refractivity (Wildman–Crippen MR) is 145 cm³/mol. The number of likely N-dealkylation sites (tertiary alicyclic amines) is 1. The molecule has 3 unspecified atom stereocenters. The van der Waals surface area contributed by atoms with Gasteiger partial charge in [-0.2, -0.15) is 0 Å². The number of benzene rings is 1. The number of aliphatic hydroxyl groups is 1. The van der Waals surface area contributed by atoms with Gasteiger partial charge in [-0.05, 0) is 43.6 Å². The van der Waals surface area contributed by atoms with Crippen LogP contribution in [-0.4, -0.2) is 64.2 Å². The number of amides is 3. The fourth-order valence-corrected chi connectivity index (χ4v) is 7.17. The van der Waals surface area contributed by atoms with E-state index in [1.165, 1.54) is 0 Å². The number of carbonyl (C=O) groups is 3. The molecule has 1 spiro atoms. The first-order valence-electron chi connectivity index (χ1n) is 14.3. The molecule has 2 bridgehead atoms. The van der Waals surface area contributed by atoms with Gasteiger partial charge in [0.2, 0.25) is 17.7 Å². The van der Waals surface area contributed by atoms with Crippen LogP contribution < -0.4 is 10.6 Å². The van der Waals surface area contributed by atoms with Gasteiger partial charge in [0.25, 0.3) is 0 Å². The summed E-state index contributed by atoms with van der Waals surface area (Å²) >= 11 is 0. The Morgan fingerprint density at radius 2 is 1.87 bits per heavy atom. The van der Waals surface area contributed by atoms with Gasteiger partial charge in [-0.1, -0.05) is 70.9 Å². The van der Waals surface area contributed by atoms with Gasteiger partial charge < -0.3 is 25.4 Å². The molecule has 4 rings (SSSR count). The number of unbranched alkanes of at least 4 members (excludes halogenated alkanes) is 2. The van der Waals surface area contributed by atoms with Gasteiger partial charge in [-0.25, -0.2) is 0 Å². The van der Waals surface area contributed by atoms with Crippen LogP contribution in [0.4, 0.5) is 0 Å². The van der Waals surface area contributed by atoms with Gasteiger partial charge >= 0.3 is 0 Å². The van der Waals surface area contributed by atoms with Gasteiger partial charge in [0.1, 0.15) is 11.6 Å². The number of fused-ring (bicyclic) bond motifs is 1. The van der Waals surface area contributed by atoms with Crippen LogP contribution in [0.2, 0.25) is 0 Å². The summed E-state index contributed by atoms with van der Waals surface area (Å²) in [5.41, 5.74) is -0.987. The van der Waals surface area contributed by atoms with Crippen molar-refractivity contribution in [3.8, 4) is 0 Å². The monoisotopic (exact) mass is 527 g/mol. The third-order valence-corrected chi connectivity index (χ3v) is 9.02. The minimum absolute atomic E-state index is 0.0213. The lowest BCUT2D eigenvalue weighted by Gasteiger charge is -2.37. The van der Waals surface area contributed by atoms with Crippen LogP contribution in [-0.2, 0) is 25.7 Å². The molecule has 3 N–H and O–H groups in total. The summed E-state index contributed by atoms with van der Waals surface area (Å²) in [7, 11) is 0. The van der Waals surface area contributed by atoms with Gasteiger partial charge in [0.05, 0.1) is 30.1 Å². The van der Waals surface area contributed by atoms with E-state index in [0.717, 1.165) is 24.8 Å². The average molecular weight is 528 g/mol. The molecule has 3 aliphatic rings. The Bertz CT molecular complexity index is 1020. The zero-order valence-corrected chi connectivity index (χ0v) is 23.5. The highest BCUT2D eigenvalue weighted by atomic mass is 16.5. The largest absolute Gasteiger partial charge is 0.394 e. The van der Waals surface area contributed by atoms with Gasteiger partial charge in [-0.3, -0.25) is 14.4 Å². The molecular weight excluding hydrogens is 482 g/mol. The van der Waals surface area contributed by atoms with E-state index in [1.807, 2.05) is 58.0 Å². The fraction of sp³-hybridized carbons (Fsp3) is 0.700. The van der Waals surface area contributed by atoms with E-state index in [9.17, 15) is 19.5 Å². The second kappa shape index (κ2) is 11.3. The van der Waals surface area contributed by atoms with Crippen LogP contribution >= 0.6 is 0 Å². The lowest BCUT2D eigenvalue weighted by Crippen LogP contribution is -2.58. The first kappa shape index (κ1) is 28.6. The quantitative estimate of drug-likeness (QED) is 0.362. The van der Waals surface area contributed by atoms with E-state index in [4.69, 9.17) is 4.74 Å². The Morgan fingerprint density at radius 3 is 2.50 bits per heavy atom. The SMILES string of the molecule is CCCCCNC(=O)C1N([C@@H](CO)CC(C)C)C(=O)[C@@H]2[C@@H](C(=O)NCc3ccccc3)[C@]3(C)OC12CC3C. The zero-order valence-electron chi connectivity index (χ0n) is 23.5. The van der Waals surface area contributed by atoms with E-state index in [1.54, 1.807) is 4.90 Å². The van der Waals surface area contributed by atoms with E-state index >= 15 is 0 Å². The number of rotatable bonds is 12. The summed E-state index contributed by atoms with van der Waals surface area (Å²) in [4.78, 5) is 43.4. The summed E-state index contributed by atoms with van der Waals surface area (Å²) in [6.45, 7) is 10.8. The molecule has 7 atom stereocenters. The number of hydrogen-bond acceptors (Lipinski definition) is 5. The molecule has 1 aromatic rings. The van der Waals surface area contributed by atoms with Crippen LogP contribution in [0.25, 0.3) is 0 Å². The lowest BCUT2D eigenvalue weighted by atomic mass is 9.62. The predicted octanol–water partition coefficient (Wildman–Crippen LogP) is 3.03. The summed E-state index contributed by atoms with van der Waals surface area (Å²) in [6.07, 6.45) is 3.97. The standard InChI is InChI=1S/C30H45N3O5/c1-6-7-11-14-31-27(36)25-30-16-20(4)29(5,38-30)23(26(35)32-17-21-12-9-8-10-13-21)24(30)28(37)33(25)22(18-34)15-19(2)3/h8-10,12-13,19-20,22-25,34H,6-7,11,14-18H2,1-5H3,(H,31,36)(H,32,35)/t20?,22-,23+,24+,25?,29-,30?/m1/s1. The van der Waals surface area contributed by atoms with E-state index < -0.39 is 35.1 Å². The van der Waals surface area contributed by atoms with Crippen molar-refractivity contribution < 1.29 is 24.2 Å². The molecule has 3 amide bonds. The fourth-order valence-electron chi connectivity index (χ4n) is 7.17. The number of nitrogens with one attached hydrogen (secondary N) is 2. The number of carbonyl (C=O) groups excluding carboxylic acids is 3. The van der Waals surface area contributed by atoms with E-state index in [2.05, 4.69) is 17.6 Å². The van der Waals surface area contributed by atoms with Crippen LogP contribution in [0.3, 0.4) is 0 Å². The van der Waals surface area contributed by atoms with Gasteiger partial charge in [-0.15, -0.1) is 0 Å². The van der Waals surface area contributed by atoms with Crippen LogP contribution in [0.5, 0.6) is 0 Å². The van der Waals surface area contributed by atoms with Crippen molar-refractivity contribution in [3.05, 3.63) is 35.9 Å². The third kappa shape index (κ3) is 4.86. The molecular formula is C30H45N3O5. The highest BCUT2D eigenvalue weighted by Gasteiger charge is 2.80. The molecule has 38 heavy (non-hydrogen) atoms. The first-order valence-corrected chi connectivity index (χ1v) is 14.3. The topological polar surface area (TPSA) is 108 Å². The van der Waals surface area contributed by atoms with Crippen LogP contribution in [0.15, 0.2) is 30.3 Å². The maximum Gasteiger partial charge on any atom is 0.245 e. The van der Waals surface area contributed by atoms with Crippen molar-refractivity contribution in [3.63, 3.8) is 0 Å². The molecule has 1 aromatic carbocycles. The molecule has 8 nitrogen and oxygen atoms in total. The lowest BCUT2D eigenvalue weighted by molar-refractivity contribution is -0.151. The smallest absolute Gasteiger partial charge is 0.245 e. The molecule has 0 aliphatic carbocycles. The Balaban J connectivity index is 1.68. The molecule has 8 heteroatoms. The van der Waals surface area contributed by atoms with Crippen LogP contribution in [0.1, 0.15) is 72.3 Å². The van der Waals surface area contributed by atoms with Crippen molar-refractivity contribution in [2.45, 2.75) is 96.6 Å². The number of aliphatic hydroxyl groups excluding tert-OH is 1. The highest BCUT2D eigenvalue weighted by molar-refractivity contribution is 5.99. The molecule has 3 aliphatic heterocycles. The second-order valence-electron chi connectivity index (χ2n) is 12.1. The first-order chi connectivity index (χ1) is 18.1. The van der Waals surface area contributed by atoms with Crippen molar-refractivity contribution >= 4 is 17.7 Å². The second-order valence-corrected chi connectivity index (χ2v) is 12.1. The minimum atomic E-state index is -1.10.